The number of aldehydes is 1. The van der Waals surface area contributed by atoms with Crippen molar-refractivity contribution < 1.29 is 27.9 Å². The smallest absolute Gasteiger partial charge is 0.264 e. The molecule has 2 aliphatic carbocycles. The molecular formula is C41H55ClN4O6S. The average Bonchev–Trinajstić information content (AvgIpc) is 3.29. The van der Waals surface area contributed by atoms with Crippen molar-refractivity contribution in [1.29, 1.82) is 0 Å². The summed E-state index contributed by atoms with van der Waals surface area (Å²) in [5.41, 5.74) is 1.35. The molecule has 3 N–H and O–H groups in total. The van der Waals surface area contributed by atoms with Crippen molar-refractivity contribution in [3.8, 4) is 5.75 Å². The summed E-state index contributed by atoms with van der Waals surface area (Å²) in [5, 5.41) is 14.8. The topological polar surface area (TPSA) is 128 Å². The number of carbonyl (C=O) groups is 2. The molecule has 0 aromatic heterocycles. The molecular weight excluding hydrogens is 712 g/mol. The lowest BCUT2D eigenvalue weighted by Crippen LogP contribution is -2.53. The number of hydrogen-bond donors (Lipinski definition) is 3. The number of nitrogens with one attached hydrogen (secondary N) is 2. The number of allylic oxidation sites excluding steroid dienone is 1. The Balaban J connectivity index is 0.000000373. The summed E-state index contributed by atoms with van der Waals surface area (Å²) in [4.78, 5) is 30.5. The molecule has 3 fully saturated rings. The quantitative estimate of drug-likeness (QED) is 0.263. The second kappa shape index (κ2) is 15.6. The third-order valence-electron chi connectivity index (χ3n) is 13.1. The van der Waals surface area contributed by atoms with Crippen molar-refractivity contribution in [2.75, 3.05) is 50.8 Å². The molecule has 1 amide bonds. The number of halogens is 1. The third-order valence-corrected chi connectivity index (χ3v) is 15.2. The number of rotatable bonds is 1. The lowest BCUT2D eigenvalue weighted by molar-refractivity contribution is -0.130. The van der Waals surface area contributed by atoms with Gasteiger partial charge in [0.1, 0.15) is 11.4 Å². The Morgan fingerprint density at radius 1 is 1.06 bits per heavy atom. The van der Waals surface area contributed by atoms with Crippen molar-refractivity contribution in [2.24, 2.45) is 17.8 Å². The number of benzene rings is 2. The summed E-state index contributed by atoms with van der Waals surface area (Å²) in [6, 6.07) is 12.0. The Morgan fingerprint density at radius 2 is 1.91 bits per heavy atom. The normalized spacial score (nSPS) is 34.6. The van der Waals surface area contributed by atoms with Crippen LogP contribution in [0.4, 0.5) is 5.69 Å². The summed E-state index contributed by atoms with van der Waals surface area (Å²) in [5.74, 6) is -0.681. The molecule has 1 unspecified atom stereocenters. The molecule has 4 heterocycles. The Morgan fingerprint density at radius 3 is 2.68 bits per heavy atom. The van der Waals surface area contributed by atoms with Crippen molar-refractivity contribution >= 4 is 39.5 Å². The zero-order valence-electron chi connectivity index (χ0n) is 31.1. The van der Waals surface area contributed by atoms with E-state index in [1.165, 1.54) is 62.6 Å². The Hall–Kier alpha value is -2.96. The number of nitrogens with zero attached hydrogens (tertiary/aromatic N) is 2. The highest BCUT2D eigenvalue weighted by Crippen LogP contribution is 2.48. The van der Waals surface area contributed by atoms with Gasteiger partial charge in [-0.15, -0.1) is 0 Å². The fraction of sp³-hybridized carbons (Fsp3) is 0.610. The van der Waals surface area contributed by atoms with Crippen LogP contribution < -0.4 is 19.7 Å². The van der Waals surface area contributed by atoms with E-state index < -0.39 is 26.8 Å². The van der Waals surface area contributed by atoms with Crippen LogP contribution >= 0.6 is 11.6 Å². The van der Waals surface area contributed by atoms with Crippen molar-refractivity contribution in [1.82, 2.24) is 14.9 Å². The minimum absolute atomic E-state index is 0.0262. The van der Waals surface area contributed by atoms with Crippen molar-refractivity contribution in [3.63, 3.8) is 0 Å². The van der Waals surface area contributed by atoms with Gasteiger partial charge >= 0.3 is 0 Å². The predicted octanol–water partition coefficient (Wildman–Crippen LogP) is 5.26. The highest BCUT2D eigenvalue weighted by molar-refractivity contribution is 7.90. The number of aliphatic hydroxyl groups is 1. The number of piperazine rings is 1. The van der Waals surface area contributed by atoms with Gasteiger partial charge < -0.3 is 20.1 Å². The molecule has 12 heteroatoms. The molecule has 7 atom stereocenters. The SMILES string of the molecule is C1CCN2CCNC[C@H]2C1.C[C@@H]1[C@@H](C)C/C=C/C(O)(C=O)[C@@H]2CC[C@H]2CN2C[C@@]3(CCCc4cc(Cl)ccc43)COc3ccc(cc32)C(=O)NS1(=O)=O. The van der Waals surface area contributed by atoms with Crippen LogP contribution in [0.1, 0.15) is 86.7 Å². The van der Waals surface area contributed by atoms with Crippen LogP contribution in [0, 0.1) is 17.8 Å². The molecule has 10 nitrogen and oxygen atoms in total. The summed E-state index contributed by atoms with van der Waals surface area (Å²) < 4.78 is 35.2. The molecule has 2 aromatic rings. The van der Waals surface area contributed by atoms with E-state index in [1.807, 2.05) is 12.1 Å². The van der Waals surface area contributed by atoms with Crippen LogP contribution in [-0.4, -0.2) is 93.4 Å². The molecule has 1 saturated carbocycles. The third kappa shape index (κ3) is 7.92. The van der Waals surface area contributed by atoms with Gasteiger partial charge in [-0.2, -0.15) is 0 Å². The van der Waals surface area contributed by atoms with Crippen molar-refractivity contribution in [3.05, 3.63) is 70.3 Å². The van der Waals surface area contributed by atoms with Gasteiger partial charge in [-0.25, -0.2) is 13.1 Å². The second-order valence-electron chi connectivity index (χ2n) is 16.4. The molecule has 6 aliphatic rings. The van der Waals surface area contributed by atoms with E-state index in [1.54, 1.807) is 38.1 Å². The van der Waals surface area contributed by atoms with E-state index in [0.717, 1.165) is 31.7 Å². The van der Waals surface area contributed by atoms with E-state index in [0.29, 0.717) is 55.3 Å². The first-order valence-corrected chi connectivity index (χ1v) is 21.5. The lowest BCUT2D eigenvalue weighted by Gasteiger charge is -2.47. The van der Waals surface area contributed by atoms with E-state index in [2.05, 4.69) is 25.9 Å². The molecule has 53 heavy (non-hydrogen) atoms. The Kier molecular flexibility index (Phi) is 11.3. The van der Waals surface area contributed by atoms with Crippen LogP contribution in [0.15, 0.2) is 48.6 Å². The standard InChI is InChI=1S/C33H39ClN2O6S.C8H16N2/c1-21-5-3-14-33(39,19-37)28-10-7-25(28)17-36-18-32(13-4-6-23-15-26(34)9-11-27(23)32)20-42-30-12-8-24(16-29(30)36)31(38)35-43(40,41)22(21)2;1-2-5-10-6-4-9-7-8(10)3-1/h3,8-9,11-12,14-16,19,21-22,25,28,39H,4-7,10,13,17-18,20H2,1-2H3,(H,35,38);8-9H,1-7H2/b14-3+;/t21-,22+,25-,28+,32-,33?;8-/m01/s1. The Labute approximate surface area is 319 Å². The second-order valence-corrected chi connectivity index (χ2v) is 18.9. The molecule has 1 spiro atoms. The first-order valence-electron chi connectivity index (χ1n) is 19.6. The van der Waals surface area contributed by atoms with Gasteiger partial charge in [0.25, 0.3) is 5.91 Å². The molecule has 288 valence electrons. The number of piperidine rings is 1. The molecule has 2 bridgehead atoms. The van der Waals surface area contributed by atoms with Crippen LogP contribution in [0.3, 0.4) is 0 Å². The van der Waals surface area contributed by atoms with Gasteiger partial charge in [0.05, 0.1) is 17.5 Å². The van der Waals surface area contributed by atoms with E-state index in [9.17, 15) is 23.1 Å². The number of aryl methyl sites for hydroxylation is 1. The van der Waals surface area contributed by atoms with Gasteiger partial charge in [-0.3, -0.25) is 14.5 Å². The monoisotopic (exact) mass is 766 g/mol. The molecule has 8 rings (SSSR count). The minimum atomic E-state index is -4.00. The zero-order chi connectivity index (χ0) is 37.4. The largest absolute Gasteiger partial charge is 0.490 e. The zero-order valence-corrected chi connectivity index (χ0v) is 32.6. The van der Waals surface area contributed by atoms with Crippen molar-refractivity contribution in [2.45, 2.75) is 93.9 Å². The molecule has 2 aromatic carbocycles. The average molecular weight is 767 g/mol. The van der Waals surface area contributed by atoms with Gasteiger partial charge in [0.15, 0.2) is 6.29 Å². The van der Waals surface area contributed by atoms with Gasteiger partial charge in [-0.1, -0.05) is 37.1 Å². The minimum Gasteiger partial charge on any atom is -0.490 e. The molecule has 4 aliphatic heterocycles. The van der Waals surface area contributed by atoms with E-state index in [-0.39, 0.29) is 28.7 Å². The number of hydrogen-bond acceptors (Lipinski definition) is 9. The molecule has 0 radical (unpaired) electrons. The maximum atomic E-state index is 13.3. The van der Waals surface area contributed by atoms with E-state index in [4.69, 9.17) is 16.3 Å². The van der Waals surface area contributed by atoms with Gasteiger partial charge in [0.2, 0.25) is 10.0 Å². The van der Waals surface area contributed by atoms with Crippen LogP contribution in [0.5, 0.6) is 5.75 Å². The predicted molar refractivity (Wildman–Crippen MR) is 208 cm³/mol. The maximum absolute atomic E-state index is 13.3. The van der Waals surface area contributed by atoms with E-state index >= 15 is 0 Å². The Bertz CT molecular complexity index is 1800. The highest BCUT2D eigenvalue weighted by atomic mass is 35.5. The lowest BCUT2D eigenvalue weighted by atomic mass is 9.64. The van der Waals surface area contributed by atoms with Crippen LogP contribution in [0.25, 0.3) is 0 Å². The first-order chi connectivity index (χ1) is 25.4. The number of anilines is 1. The summed E-state index contributed by atoms with van der Waals surface area (Å²) in [7, 11) is -4.00. The fourth-order valence-electron chi connectivity index (χ4n) is 9.51. The fourth-order valence-corrected chi connectivity index (χ4v) is 11.0. The van der Waals surface area contributed by atoms with Crippen LogP contribution in [-0.2, 0) is 26.7 Å². The number of sulfonamides is 1. The maximum Gasteiger partial charge on any atom is 0.264 e. The number of carbonyl (C=O) groups excluding carboxylic acids is 2. The summed E-state index contributed by atoms with van der Waals surface area (Å²) in [6.07, 6.45) is 12.9. The number of ether oxygens (including phenoxy) is 1. The summed E-state index contributed by atoms with van der Waals surface area (Å²) >= 11 is 6.38. The first kappa shape index (κ1) is 38.3. The van der Waals surface area contributed by atoms with Gasteiger partial charge in [0, 0.05) is 60.7 Å². The molecule has 2 saturated heterocycles. The number of amides is 1. The highest BCUT2D eigenvalue weighted by Gasteiger charge is 2.48. The number of fused-ring (bicyclic) bond motifs is 5. The van der Waals surface area contributed by atoms with Gasteiger partial charge in [-0.05, 0) is 124 Å². The summed E-state index contributed by atoms with van der Waals surface area (Å²) in [6.45, 7) is 10.0. The van der Waals surface area contributed by atoms with Crippen LogP contribution in [0.2, 0.25) is 5.02 Å².